The molecule has 0 heterocycles. The maximum Gasteiger partial charge on any atom is 0.187 e. The molecule has 0 aromatic heterocycles. The van der Waals surface area contributed by atoms with Gasteiger partial charge in [0.05, 0.1) is 16.3 Å². The Balaban J connectivity index is 2.59. The van der Waals surface area contributed by atoms with Crippen LogP contribution in [-0.4, -0.2) is 17.9 Å². The van der Waals surface area contributed by atoms with Gasteiger partial charge in [-0.15, -0.1) is 6.58 Å². The molecule has 0 unspecified atom stereocenters. The van der Waals surface area contributed by atoms with Gasteiger partial charge in [0.1, 0.15) is 0 Å². The first kappa shape index (κ1) is 14.0. The fourth-order valence-electron chi connectivity index (χ4n) is 0.994. The number of nitrogens with one attached hydrogen (secondary N) is 2. The van der Waals surface area contributed by atoms with E-state index in [9.17, 15) is 0 Å². The molecule has 0 saturated heterocycles. The third-order valence-corrected chi connectivity index (χ3v) is 2.66. The summed E-state index contributed by atoms with van der Waals surface area (Å²) in [5, 5.41) is 8.28. The predicted octanol–water partition coefficient (Wildman–Crippen LogP) is 2.98. The number of nitrogens with zero attached hydrogens (tertiary/aromatic N) is 1. The quantitative estimate of drug-likeness (QED) is 0.387. The summed E-state index contributed by atoms with van der Waals surface area (Å²) < 4.78 is 0. The molecule has 17 heavy (non-hydrogen) atoms. The van der Waals surface area contributed by atoms with Crippen molar-refractivity contribution in [2.45, 2.75) is 0 Å². The second-order valence-corrected chi connectivity index (χ2v) is 4.23. The SMILES string of the molecule is C=CCNC(=S)N/N=C/c1c(Cl)cccc1Cl. The number of hydrazone groups is 1. The first-order valence-corrected chi connectivity index (χ1v) is 5.93. The van der Waals surface area contributed by atoms with Crippen molar-refractivity contribution in [3.63, 3.8) is 0 Å². The van der Waals surface area contributed by atoms with Crippen LogP contribution in [0.5, 0.6) is 0 Å². The van der Waals surface area contributed by atoms with Crippen LogP contribution in [0.1, 0.15) is 5.56 Å². The summed E-state index contributed by atoms with van der Waals surface area (Å²) in [7, 11) is 0. The number of benzene rings is 1. The zero-order valence-corrected chi connectivity index (χ0v) is 11.2. The number of thiocarbonyl (C=S) groups is 1. The van der Waals surface area contributed by atoms with E-state index >= 15 is 0 Å². The molecular formula is C11H11Cl2N3S. The minimum absolute atomic E-state index is 0.407. The normalized spacial score (nSPS) is 10.2. The highest BCUT2D eigenvalue weighted by Crippen LogP contribution is 2.21. The molecule has 3 nitrogen and oxygen atoms in total. The van der Waals surface area contributed by atoms with Gasteiger partial charge in [-0.05, 0) is 24.4 Å². The highest BCUT2D eigenvalue weighted by molar-refractivity contribution is 7.80. The molecule has 0 spiro atoms. The van der Waals surface area contributed by atoms with Gasteiger partial charge in [0.2, 0.25) is 0 Å². The van der Waals surface area contributed by atoms with Crippen molar-refractivity contribution in [1.82, 2.24) is 10.7 Å². The van der Waals surface area contributed by atoms with Gasteiger partial charge in [-0.25, -0.2) is 0 Å². The van der Waals surface area contributed by atoms with Crippen LogP contribution in [0.25, 0.3) is 0 Å². The van der Waals surface area contributed by atoms with Gasteiger partial charge >= 0.3 is 0 Å². The van der Waals surface area contributed by atoms with Gasteiger partial charge in [-0.3, -0.25) is 5.43 Å². The Bertz CT molecular complexity index is 426. The molecule has 1 aromatic rings. The highest BCUT2D eigenvalue weighted by atomic mass is 35.5. The molecule has 0 atom stereocenters. The van der Waals surface area contributed by atoms with Crippen molar-refractivity contribution < 1.29 is 0 Å². The van der Waals surface area contributed by atoms with Crippen LogP contribution >= 0.6 is 35.4 Å². The van der Waals surface area contributed by atoms with Crippen LogP contribution < -0.4 is 10.7 Å². The zero-order valence-electron chi connectivity index (χ0n) is 8.91. The summed E-state index contributed by atoms with van der Waals surface area (Å²) in [5.41, 5.74) is 3.29. The van der Waals surface area contributed by atoms with Gasteiger partial charge < -0.3 is 5.32 Å². The summed E-state index contributed by atoms with van der Waals surface area (Å²) in [6.45, 7) is 4.14. The molecular weight excluding hydrogens is 277 g/mol. The molecule has 1 aromatic carbocycles. The predicted molar refractivity (Wildman–Crippen MR) is 78.0 cm³/mol. The Labute approximate surface area is 115 Å². The minimum Gasteiger partial charge on any atom is -0.358 e. The van der Waals surface area contributed by atoms with Crippen molar-refractivity contribution in [1.29, 1.82) is 0 Å². The van der Waals surface area contributed by atoms with Crippen LogP contribution in [0.2, 0.25) is 10.0 Å². The molecule has 1 rings (SSSR count). The fourth-order valence-corrected chi connectivity index (χ4v) is 1.62. The lowest BCUT2D eigenvalue weighted by molar-refractivity contribution is 0.942. The first-order valence-electron chi connectivity index (χ1n) is 4.77. The standard InChI is InChI=1S/C11H11Cl2N3S/c1-2-6-14-11(17)16-15-7-8-9(12)4-3-5-10(8)13/h2-5,7H,1,6H2,(H2,14,16,17)/b15-7+. The summed E-state index contributed by atoms with van der Waals surface area (Å²) in [6.07, 6.45) is 3.22. The second kappa shape index (κ2) is 7.27. The topological polar surface area (TPSA) is 36.4 Å². The molecule has 0 fully saturated rings. The first-order chi connectivity index (χ1) is 8.15. The Morgan fingerprint density at radius 2 is 2.06 bits per heavy atom. The molecule has 0 aliphatic carbocycles. The lowest BCUT2D eigenvalue weighted by Crippen LogP contribution is -2.31. The van der Waals surface area contributed by atoms with Crippen molar-refractivity contribution >= 4 is 46.7 Å². The Kier molecular flexibility index (Phi) is 5.97. The van der Waals surface area contributed by atoms with E-state index < -0.39 is 0 Å². The number of hydrogen-bond acceptors (Lipinski definition) is 2. The molecule has 6 heteroatoms. The Morgan fingerprint density at radius 1 is 1.41 bits per heavy atom. The summed E-state index contributed by atoms with van der Waals surface area (Å²) in [5.74, 6) is 0. The molecule has 0 aliphatic rings. The molecule has 0 amide bonds. The largest absolute Gasteiger partial charge is 0.358 e. The Hall–Kier alpha value is -1.10. The molecule has 90 valence electrons. The number of hydrogen-bond donors (Lipinski definition) is 2. The van der Waals surface area contributed by atoms with Gasteiger partial charge in [0.15, 0.2) is 5.11 Å². The van der Waals surface area contributed by atoms with Gasteiger partial charge in [0, 0.05) is 12.1 Å². The molecule has 0 bridgehead atoms. The van der Waals surface area contributed by atoms with E-state index in [4.69, 9.17) is 35.4 Å². The fraction of sp³-hybridized carbons (Fsp3) is 0.0909. The number of rotatable bonds is 4. The number of halogens is 2. The maximum absolute atomic E-state index is 5.96. The maximum atomic E-state index is 5.96. The van der Waals surface area contributed by atoms with E-state index in [2.05, 4.69) is 22.4 Å². The summed E-state index contributed by atoms with van der Waals surface area (Å²) in [4.78, 5) is 0. The van der Waals surface area contributed by atoms with E-state index in [-0.39, 0.29) is 0 Å². The van der Waals surface area contributed by atoms with Crippen LogP contribution in [0.3, 0.4) is 0 Å². The van der Waals surface area contributed by atoms with Gasteiger partial charge in [-0.2, -0.15) is 5.10 Å². The van der Waals surface area contributed by atoms with E-state index in [0.29, 0.717) is 27.3 Å². The van der Waals surface area contributed by atoms with Crippen molar-refractivity contribution in [2.24, 2.45) is 5.10 Å². The van der Waals surface area contributed by atoms with Gasteiger partial charge in [0.25, 0.3) is 0 Å². The zero-order chi connectivity index (χ0) is 12.7. The Morgan fingerprint density at radius 3 is 2.65 bits per heavy atom. The minimum atomic E-state index is 0.407. The lowest BCUT2D eigenvalue weighted by Gasteiger charge is -2.04. The molecule has 0 saturated carbocycles. The summed E-state index contributed by atoms with van der Waals surface area (Å²) >= 11 is 16.9. The highest BCUT2D eigenvalue weighted by Gasteiger charge is 2.01. The monoisotopic (exact) mass is 287 g/mol. The van der Waals surface area contributed by atoms with Crippen LogP contribution in [0, 0.1) is 0 Å². The van der Waals surface area contributed by atoms with Crippen LogP contribution in [0.15, 0.2) is 36.0 Å². The van der Waals surface area contributed by atoms with E-state index in [1.165, 1.54) is 6.21 Å². The van der Waals surface area contributed by atoms with E-state index in [1.54, 1.807) is 24.3 Å². The van der Waals surface area contributed by atoms with Crippen LogP contribution in [0.4, 0.5) is 0 Å². The molecule has 2 N–H and O–H groups in total. The summed E-state index contributed by atoms with van der Waals surface area (Å²) in [6, 6.07) is 5.25. The van der Waals surface area contributed by atoms with Gasteiger partial charge in [-0.1, -0.05) is 35.3 Å². The molecule has 0 aliphatic heterocycles. The third-order valence-electron chi connectivity index (χ3n) is 1.77. The van der Waals surface area contributed by atoms with Crippen molar-refractivity contribution in [3.05, 3.63) is 46.5 Å². The molecule has 0 radical (unpaired) electrons. The average molecular weight is 288 g/mol. The van der Waals surface area contributed by atoms with E-state index in [1.807, 2.05) is 0 Å². The second-order valence-electron chi connectivity index (χ2n) is 3.00. The van der Waals surface area contributed by atoms with E-state index in [0.717, 1.165) is 0 Å². The van der Waals surface area contributed by atoms with Crippen molar-refractivity contribution in [3.8, 4) is 0 Å². The average Bonchev–Trinajstić information content (AvgIpc) is 2.30. The van der Waals surface area contributed by atoms with Crippen LogP contribution in [-0.2, 0) is 0 Å². The smallest absolute Gasteiger partial charge is 0.187 e. The van der Waals surface area contributed by atoms with Crippen molar-refractivity contribution in [2.75, 3.05) is 6.54 Å². The third kappa shape index (κ3) is 4.73. The lowest BCUT2D eigenvalue weighted by atomic mass is 10.2.